The fraction of sp³-hybridized carbons (Fsp3) is 0.167. The van der Waals surface area contributed by atoms with Crippen LogP contribution >= 0.6 is 15.9 Å². The molecule has 0 spiro atoms. The van der Waals surface area contributed by atoms with Gasteiger partial charge in [0.05, 0.1) is 6.54 Å². The van der Waals surface area contributed by atoms with Crippen molar-refractivity contribution in [3.63, 3.8) is 0 Å². The molecule has 3 N–H and O–H groups in total. The number of hydrogen-bond donors (Lipinski definition) is 2. The van der Waals surface area contributed by atoms with Crippen molar-refractivity contribution in [2.45, 2.75) is 18.0 Å². The van der Waals surface area contributed by atoms with Gasteiger partial charge in [0.2, 0.25) is 10.0 Å². The number of halogens is 2. The molecule has 0 unspecified atom stereocenters. The van der Waals surface area contributed by atoms with Crippen LogP contribution in [-0.2, 0) is 23.1 Å². The van der Waals surface area contributed by atoms with E-state index in [9.17, 15) is 12.8 Å². The molecule has 0 amide bonds. The Hall–Kier alpha value is -1.22. The van der Waals surface area contributed by atoms with Gasteiger partial charge in [-0.15, -0.1) is 0 Å². The Kier molecular flexibility index (Phi) is 4.59. The molecule has 0 saturated carbocycles. The van der Waals surface area contributed by atoms with Gasteiger partial charge in [0.1, 0.15) is 16.5 Å². The van der Waals surface area contributed by atoms with E-state index in [-0.39, 0.29) is 28.5 Å². The van der Waals surface area contributed by atoms with Gasteiger partial charge in [-0.2, -0.15) is 0 Å². The van der Waals surface area contributed by atoms with Crippen LogP contribution < -0.4 is 10.5 Å². The zero-order valence-corrected chi connectivity index (χ0v) is 12.7. The Labute approximate surface area is 124 Å². The van der Waals surface area contributed by atoms with E-state index in [0.717, 1.165) is 0 Å². The fourth-order valence-corrected chi connectivity index (χ4v) is 3.55. The molecule has 0 saturated heterocycles. The van der Waals surface area contributed by atoms with Crippen molar-refractivity contribution in [1.29, 1.82) is 0 Å². The van der Waals surface area contributed by atoms with E-state index in [2.05, 4.69) is 20.7 Å². The first-order chi connectivity index (χ1) is 9.42. The highest BCUT2D eigenvalue weighted by Crippen LogP contribution is 2.25. The average molecular weight is 363 g/mol. The molecular formula is C12H12BrFN2O3S. The van der Waals surface area contributed by atoms with Crippen LogP contribution in [0.25, 0.3) is 0 Å². The first-order valence-corrected chi connectivity index (χ1v) is 7.92. The Morgan fingerprint density at radius 2 is 1.95 bits per heavy atom. The third kappa shape index (κ3) is 3.45. The summed E-state index contributed by atoms with van der Waals surface area (Å²) >= 11 is 3.04. The Bertz CT molecular complexity index is 698. The number of rotatable bonds is 5. The number of sulfonamides is 1. The summed E-state index contributed by atoms with van der Waals surface area (Å²) in [7, 11) is -3.73. The van der Waals surface area contributed by atoms with E-state index >= 15 is 0 Å². The molecular weight excluding hydrogens is 351 g/mol. The molecule has 2 aromatic rings. The Morgan fingerprint density at radius 1 is 1.30 bits per heavy atom. The second kappa shape index (κ2) is 6.04. The van der Waals surface area contributed by atoms with E-state index in [4.69, 9.17) is 10.2 Å². The molecule has 2 rings (SSSR count). The topological polar surface area (TPSA) is 85.3 Å². The van der Waals surface area contributed by atoms with Gasteiger partial charge in [0.15, 0.2) is 4.67 Å². The maximum absolute atomic E-state index is 12.8. The van der Waals surface area contributed by atoms with Crippen molar-refractivity contribution in [3.05, 3.63) is 52.1 Å². The van der Waals surface area contributed by atoms with Gasteiger partial charge in [-0.25, -0.2) is 17.5 Å². The predicted octanol–water partition coefficient (Wildman–Crippen LogP) is 2.12. The molecule has 0 atom stereocenters. The van der Waals surface area contributed by atoms with Crippen molar-refractivity contribution < 1.29 is 17.2 Å². The minimum atomic E-state index is -3.73. The highest BCUT2D eigenvalue weighted by atomic mass is 79.9. The molecule has 0 fully saturated rings. The number of benzene rings is 1. The van der Waals surface area contributed by atoms with Gasteiger partial charge in [0, 0.05) is 12.6 Å². The lowest BCUT2D eigenvalue weighted by molar-refractivity contribution is 0.483. The summed E-state index contributed by atoms with van der Waals surface area (Å²) in [6, 6.07) is 6.91. The third-order valence-electron chi connectivity index (χ3n) is 2.58. The summed E-state index contributed by atoms with van der Waals surface area (Å²) in [5.74, 6) is -0.0131. The smallest absolute Gasteiger partial charge is 0.245 e. The van der Waals surface area contributed by atoms with Gasteiger partial charge in [-0.3, -0.25) is 0 Å². The van der Waals surface area contributed by atoms with Crippen LogP contribution in [0.1, 0.15) is 11.3 Å². The first-order valence-electron chi connectivity index (χ1n) is 5.65. The van der Waals surface area contributed by atoms with Crippen molar-refractivity contribution in [3.8, 4) is 0 Å². The fourth-order valence-electron chi connectivity index (χ4n) is 1.54. The third-order valence-corrected chi connectivity index (χ3v) is 4.83. The summed E-state index contributed by atoms with van der Waals surface area (Å²) in [5, 5.41) is 0. The van der Waals surface area contributed by atoms with Crippen molar-refractivity contribution >= 4 is 26.0 Å². The van der Waals surface area contributed by atoms with E-state index < -0.39 is 10.0 Å². The second-order valence-electron chi connectivity index (χ2n) is 4.01. The van der Waals surface area contributed by atoms with Crippen LogP contribution in [0.2, 0.25) is 0 Å². The first kappa shape index (κ1) is 15.2. The second-order valence-corrected chi connectivity index (χ2v) is 6.46. The summed E-state index contributed by atoms with van der Waals surface area (Å²) in [6.07, 6.45) is 0. The maximum atomic E-state index is 12.8. The molecule has 1 aromatic carbocycles. The Balaban J connectivity index is 2.14. The largest absolute Gasteiger partial charge is 0.452 e. The molecule has 20 heavy (non-hydrogen) atoms. The number of furan rings is 1. The highest BCUT2D eigenvalue weighted by Gasteiger charge is 2.21. The van der Waals surface area contributed by atoms with Gasteiger partial charge in [-0.1, -0.05) is 12.1 Å². The van der Waals surface area contributed by atoms with Crippen LogP contribution in [0.15, 0.2) is 44.3 Å². The lowest BCUT2D eigenvalue weighted by atomic mass is 10.2. The number of nitrogens with one attached hydrogen (secondary N) is 1. The van der Waals surface area contributed by atoms with Crippen molar-refractivity contribution in [2.75, 3.05) is 0 Å². The normalized spacial score (nSPS) is 11.8. The van der Waals surface area contributed by atoms with Gasteiger partial charge < -0.3 is 10.2 Å². The molecule has 0 aliphatic heterocycles. The predicted molar refractivity (Wildman–Crippen MR) is 74.7 cm³/mol. The summed E-state index contributed by atoms with van der Waals surface area (Å²) < 4.78 is 44.6. The van der Waals surface area contributed by atoms with Crippen molar-refractivity contribution in [1.82, 2.24) is 4.72 Å². The molecule has 1 heterocycles. The zero-order chi connectivity index (χ0) is 14.8. The molecule has 0 radical (unpaired) electrons. The molecule has 0 aliphatic carbocycles. The maximum Gasteiger partial charge on any atom is 0.245 e. The number of nitrogens with two attached hydrogens (primary N) is 1. The molecule has 1 aromatic heterocycles. The van der Waals surface area contributed by atoms with Gasteiger partial charge >= 0.3 is 0 Å². The van der Waals surface area contributed by atoms with Crippen LogP contribution in [0.4, 0.5) is 4.39 Å². The van der Waals surface area contributed by atoms with Gasteiger partial charge in [-0.05, 0) is 33.6 Å². The monoisotopic (exact) mass is 362 g/mol. The number of hydrogen-bond acceptors (Lipinski definition) is 4. The average Bonchev–Trinajstić information content (AvgIpc) is 2.80. The lowest BCUT2D eigenvalue weighted by Crippen LogP contribution is -2.23. The standard InChI is InChI=1S/C12H12BrFN2O3S/c13-12-11(5-10(6-15)19-12)20(17,18)16-7-8-1-3-9(14)4-2-8/h1-5,16H,6-7,15H2. The van der Waals surface area contributed by atoms with E-state index in [0.29, 0.717) is 11.3 Å². The van der Waals surface area contributed by atoms with E-state index in [1.807, 2.05) is 0 Å². The Morgan fingerprint density at radius 3 is 2.50 bits per heavy atom. The van der Waals surface area contributed by atoms with Crippen LogP contribution in [0, 0.1) is 5.82 Å². The lowest BCUT2D eigenvalue weighted by Gasteiger charge is -2.05. The molecule has 0 bridgehead atoms. The van der Waals surface area contributed by atoms with Crippen LogP contribution in [0.5, 0.6) is 0 Å². The highest BCUT2D eigenvalue weighted by molar-refractivity contribution is 9.10. The summed E-state index contributed by atoms with van der Waals surface area (Å²) in [4.78, 5) is -0.0138. The minimum absolute atomic E-state index is 0.0138. The summed E-state index contributed by atoms with van der Waals surface area (Å²) in [5.41, 5.74) is 6.04. The SMILES string of the molecule is NCc1cc(S(=O)(=O)NCc2ccc(F)cc2)c(Br)o1. The minimum Gasteiger partial charge on any atom is -0.452 e. The van der Waals surface area contributed by atoms with Crippen molar-refractivity contribution in [2.24, 2.45) is 5.73 Å². The molecule has 5 nitrogen and oxygen atoms in total. The van der Waals surface area contributed by atoms with Gasteiger partial charge in [0.25, 0.3) is 0 Å². The molecule has 0 aliphatic rings. The van der Waals surface area contributed by atoms with E-state index in [1.165, 1.54) is 30.3 Å². The van der Waals surface area contributed by atoms with Crippen LogP contribution in [-0.4, -0.2) is 8.42 Å². The molecule has 8 heteroatoms. The van der Waals surface area contributed by atoms with E-state index in [1.54, 1.807) is 0 Å². The van der Waals surface area contributed by atoms with Crippen LogP contribution in [0.3, 0.4) is 0 Å². The quantitative estimate of drug-likeness (QED) is 0.852. The summed E-state index contributed by atoms with van der Waals surface area (Å²) in [6.45, 7) is 0.157. The zero-order valence-electron chi connectivity index (χ0n) is 10.3. The molecule has 108 valence electrons.